The van der Waals surface area contributed by atoms with Gasteiger partial charge < -0.3 is 10.5 Å². The first kappa shape index (κ1) is 23.9. The van der Waals surface area contributed by atoms with Gasteiger partial charge in [-0.2, -0.15) is 10.2 Å². The van der Waals surface area contributed by atoms with Gasteiger partial charge in [0.1, 0.15) is 40.9 Å². The number of anilines is 1. The zero-order valence-corrected chi connectivity index (χ0v) is 21.5. The number of ether oxygens (including phenoxy) is 1. The highest BCUT2D eigenvalue weighted by Crippen LogP contribution is 2.39. The maximum atomic E-state index is 14.7. The van der Waals surface area contributed by atoms with Gasteiger partial charge in [0, 0.05) is 31.0 Å². The molecule has 0 radical (unpaired) electrons. The lowest BCUT2D eigenvalue weighted by Crippen LogP contribution is -2.29. The lowest BCUT2D eigenvalue weighted by atomic mass is 10.1. The number of halogens is 1. The molecule has 12 heteroatoms. The number of aromatic nitrogens is 8. The second-order valence-electron chi connectivity index (χ2n) is 10.2. The monoisotopic (exact) mass is 529 g/mol. The summed E-state index contributed by atoms with van der Waals surface area (Å²) < 4.78 is 25.6. The maximum Gasteiger partial charge on any atom is 0.264 e. The van der Waals surface area contributed by atoms with E-state index in [2.05, 4.69) is 15.1 Å². The van der Waals surface area contributed by atoms with Crippen LogP contribution >= 0.6 is 0 Å². The maximum absolute atomic E-state index is 14.7. The molecule has 39 heavy (non-hydrogen) atoms. The Bertz CT molecular complexity index is 1760. The highest BCUT2D eigenvalue weighted by atomic mass is 19.1. The van der Waals surface area contributed by atoms with Crippen molar-refractivity contribution in [2.75, 3.05) is 18.9 Å². The number of nitrogen functional groups attached to an aromatic ring is 1. The third kappa shape index (κ3) is 3.89. The van der Waals surface area contributed by atoms with E-state index in [0.717, 1.165) is 31.2 Å². The quantitative estimate of drug-likeness (QED) is 0.351. The number of nitrogens with two attached hydrogens (primary N) is 1. The van der Waals surface area contributed by atoms with Gasteiger partial charge in [0.2, 0.25) is 0 Å². The molecule has 200 valence electrons. The fourth-order valence-corrected chi connectivity index (χ4v) is 5.63. The average molecular weight is 530 g/mol. The Morgan fingerprint density at radius 2 is 1.95 bits per heavy atom. The minimum atomic E-state index is -0.562. The van der Waals surface area contributed by atoms with Crippen LogP contribution in [0.2, 0.25) is 0 Å². The van der Waals surface area contributed by atoms with Crippen molar-refractivity contribution in [2.24, 2.45) is 0 Å². The smallest absolute Gasteiger partial charge is 0.264 e. The van der Waals surface area contributed by atoms with Crippen LogP contribution in [0.25, 0.3) is 33.2 Å². The van der Waals surface area contributed by atoms with Gasteiger partial charge >= 0.3 is 0 Å². The van der Waals surface area contributed by atoms with Crippen LogP contribution in [0.3, 0.4) is 0 Å². The number of rotatable bonds is 6. The first-order valence-electron chi connectivity index (χ1n) is 13.4. The standard InChI is InChI=1S/C27H28FN9O2/c1-2-20(25-33-19-5-3-4-18(28)21(19)27(38)36(25)17-6-7-17)37-26-22(24(29)30-14-31-26)23(34-37)15-12-32-35(13-15)16-8-10-39-11-9-16/h3-5,12-14,16-17,20H,2,6-11H2,1H3,(H2,29,30,31). The number of hydrogen-bond acceptors (Lipinski definition) is 8. The molecule has 1 aliphatic carbocycles. The summed E-state index contributed by atoms with van der Waals surface area (Å²) in [5.74, 6) is 0.282. The third-order valence-electron chi connectivity index (χ3n) is 7.76. The lowest BCUT2D eigenvalue weighted by molar-refractivity contribution is 0.0662. The van der Waals surface area contributed by atoms with Crippen LogP contribution in [0.1, 0.15) is 63.0 Å². The molecule has 4 aromatic heterocycles. The van der Waals surface area contributed by atoms with Gasteiger partial charge in [0.15, 0.2) is 5.65 Å². The van der Waals surface area contributed by atoms with E-state index in [4.69, 9.17) is 20.6 Å². The Hall–Kier alpha value is -4.19. The van der Waals surface area contributed by atoms with Crippen molar-refractivity contribution in [3.05, 3.63) is 58.9 Å². The molecule has 0 amide bonds. The van der Waals surface area contributed by atoms with Crippen LogP contribution in [-0.4, -0.2) is 52.3 Å². The van der Waals surface area contributed by atoms with E-state index >= 15 is 0 Å². The van der Waals surface area contributed by atoms with E-state index < -0.39 is 11.9 Å². The van der Waals surface area contributed by atoms with E-state index in [0.29, 0.717) is 53.5 Å². The van der Waals surface area contributed by atoms with E-state index in [1.54, 1.807) is 27.6 Å². The summed E-state index contributed by atoms with van der Waals surface area (Å²) in [6.45, 7) is 3.42. The van der Waals surface area contributed by atoms with E-state index in [9.17, 15) is 9.18 Å². The first-order chi connectivity index (χ1) is 19.0. The van der Waals surface area contributed by atoms with Crippen molar-refractivity contribution in [1.82, 2.24) is 39.1 Å². The Morgan fingerprint density at radius 3 is 2.72 bits per heavy atom. The summed E-state index contributed by atoms with van der Waals surface area (Å²) in [5, 5.41) is 10.3. The summed E-state index contributed by atoms with van der Waals surface area (Å²) >= 11 is 0. The lowest BCUT2D eigenvalue weighted by Gasteiger charge is -2.22. The summed E-state index contributed by atoms with van der Waals surface area (Å²) in [6.07, 6.45) is 9.22. The molecule has 1 aromatic carbocycles. The molecule has 1 atom stereocenters. The van der Waals surface area contributed by atoms with E-state index in [1.807, 2.05) is 17.8 Å². The summed E-state index contributed by atoms with van der Waals surface area (Å²) in [5.41, 5.74) is 8.30. The van der Waals surface area contributed by atoms with E-state index in [-0.39, 0.29) is 23.0 Å². The summed E-state index contributed by atoms with van der Waals surface area (Å²) in [4.78, 5) is 27.2. The van der Waals surface area contributed by atoms with Gasteiger partial charge in [-0.15, -0.1) is 0 Å². The molecule has 0 spiro atoms. The average Bonchev–Trinajstić information content (AvgIpc) is 3.52. The molecule has 5 aromatic rings. The van der Waals surface area contributed by atoms with Crippen molar-refractivity contribution in [3.63, 3.8) is 0 Å². The summed E-state index contributed by atoms with van der Waals surface area (Å²) in [6, 6.07) is 4.34. The highest BCUT2D eigenvalue weighted by Gasteiger charge is 2.33. The number of nitrogens with zero attached hydrogens (tertiary/aromatic N) is 8. The number of fused-ring (bicyclic) bond motifs is 2. The third-order valence-corrected chi connectivity index (χ3v) is 7.76. The molecule has 1 saturated carbocycles. The van der Waals surface area contributed by atoms with Gasteiger partial charge in [0.25, 0.3) is 5.56 Å². The highest BCUT2D eigenvalue weighted by molar-refractivity contribution is 5.98. The van der Waals surface area contributed by atoms with Crippen LogP contribution in [0.4, 0.5) is 10.2 Å². The molecule has 11 nitrogen and oxygen atoms in total. The fraction of sp³-hybridized carbons (Fsp3) is 0.407. The van der Waals surface area contributed by atoms with Crippen LogP contribution in [0, 0.1) is 5.82 Å². The van der Waals surface area contributed by atoms with Crippen molar-refractivity contribution < 1.29 is 9.13 Å². The van der Waals surface area contributed by atoms with Gasteiger partial charge in [0.05, 0.1) is 23.1 Å². The largest absolute Gasteiger partial charge is 0.383 e. The SMILES string of the molecule is CCC(c1nc2cccc(F)c2c(=O)n1C1CC1)n1nc(-c2cnn(C3CCOCC3)c2)c2c(N)ncnc21. The van der Waals surface area contributed by atoms with Crippen LogP contribution in [-0.2, 0) is 4.74 Å². The van der Waals surface area contributed by atoms with Crippen molar-refractivity contribution >= 4 is 27.8 Å². The summed E-state index contributed by atoms with van der Waals surface area (Å²) in [7, 11) is 0. The van der Waals surface area contributed by atoms with Crippen LogP contribution in [0.5, 0.6) is 0 Å². The molecular formula is C27H28FN9O2. The predicted octanol–water partition coefficient (Wildman–Crippen LogP) is 3.81. The molecule has 1 aliphatic heterocycles. The minimum Gasteiger partial charge on any atom is -0.383 e. The zero-order chi connectivity index (χ0) is 26.7. The van der Waals surface area contributed by atoms with Crippen LogP contribution in [0.15, 0.2) is 41.7 Å². The molecular weight excluding hydrogens is 501 g/mol. The number of benzene rings is 1. The molecule has 2 N–H and O–H groups in total. The van der Waals surface area contributed by atoms with Gasteiger partial charge in [-0.05, 0) is 44.2 Å². The normalized spacial score (nSPS) is 17.3. The zero-order valence-electron chi connectivity index (χ0n) is 21.5. The fourth-order valence-electron chi connectivity index (χ4n) is 5.63. The molecule has 1 saturated heterocycles. The second-order valence-corrected chi connectivity index (χ2v) is 10.2. The van der Waals surface area contributed by atoms with Crippen molar-refractivity contribution in [1.29, 1.82) is 0 Å². The van der Waals surface area contributed by atoms with Crippen molar-refractivity contribution in [2.45, 2.75) is 57.2 Å². The molecule has 0 bridgehead atoms. The van der Waals surface area contributed by atoms with Gasteiger partial charge in [-0.1, -0.05) is 13.0 Å². The Kier molecular flexibility index (Phi) is 5.65. The molecule has 5 heterocycles. The van der Waals surface area contributed by atoms with Crippen LogP contribution < -0.4 is 11.3 Å². The molecule has 2 fully saturated rings. The minimum absolute atomic E-state index is 0.0149. The number of hydrogen-bond donors (Lipinski definition) is 1. The molecule has 2 aliphatic rings. The van der Waals surface area contributed by atoms with Gasteiger partial charge in [-0.3, -0.25) is 14.0 Å². The Labute approximate surface area is 222 Å². The Balaban J connectivity index is 1.41. The topological polar surface area (TPSA) is 132 Å². The van der Waals surface area contributed by atoms with Gasteiger partial charge in [-0.25, -0.2) is 24.0 Å². The van der Waals surface area contributed by atoms with Crippen molar-refractivity contribution in [3.8, 4) is 11.3 Å². The first-order valence-corrected chi connectivity index (χ1v) is 13.4. The predicted molar refractivity (Wildman–Crippen MR) is 143 cm³/mol. The second kappa shape index (κ2) is 9.23. The van der Waals surface area contributed by atoms with E-state index in [1.165, 1.54) is 12.4 Å². The molecule has 1 unspecified atom stereocenters. The Morgan fingerprint density at radius 1 is 1.13 bits per heavy atom. The molecule has 7 rings (SSSR count).